The molecule has 0 spiro atoms. The van der Waals surface area contributed by atoms with Gasteiger partial charge in [-0.1, -0.05) is 30.0 Å². The molecule has 4 aromatic rings. The monoisotopic (exact) mass is 339 g/mol. The van der Waals surface area contributed by atoms with E-state index in [9.17, 15) is 4.79 Å². The lowest BCUT2D eigenvalue weighted by Crippen LogP contribution is -2.17. The maximum atomic E-state index is 12.3. The number of fused-ring (bicyclic) bond motifs is 2. The van der Waals surface area contributed by atoms with Gasteiger partial charge in [-0.2, -0.15) is 0 Å². The summed E-state index contributed by atoms with van der Waals surface area (Å²) in [7, 11) is 0. The summed E-state index contributed by atoms with van der Waals surface area (Å²) in [5, 5.41) is 0. The highest BCUT2D eigenvalue weighted by Crippen LogP contribution is 2.30. The van der Waals surface area contributed by atoms with E-state index >= 15 is 0 Å². The van der Waals surface area contributed by atoms with Crippen molar-refractivity contribution in [3.8, 4) is 0 Å². The zero-order chi connectivity index (χ0) is 15.8. The van der Waals surface area contributed by atoms with E-state index < -0.39 is 0 Å². The molecule has 0 atom stereocenters. The molecule has 114 valence electrons. The first-order valence-electron chi connectivity index (χ1n) is 7.17. The Balaban J connectivity index is 1.64. The summed E-state index contributed by atoms with van der Waals surface area (Å²) < 4.78 is 3.81. The molecule has 0 aliphatic heterocycles. The number of nitrogens with zero attached hydrogens (tertiary/aromatic N) is 3. The molecule has 6 heteroatoms. The summed E-state index contributed by atoms with van der Waals surface area (Å²) in [6.45, 7) is 1.91. The van der Waals surface area contributed by atoms with E-state index in [2.05, 4.69) is 16.0 Å². The van der Waals surface area contributed by atoms with Crippen LogP contribution in [0.2, 0.25) is 0 Å². The summed E-state index contributed by atoms with van der Waals surface area (Å²) in [5.74, 6) is 0.638. The van der Waals surface area contributed by atoms with Gasteiger partial charge in [0, 0.05) is 17.5 Å². The van der Waals surface area contributed by atoms with Gasteiger partial charge in [-0.3, -0.25) is 9.20 Å². The Morgan fingerprint density at radius 2 is 2.00 bits per heavy atom. The van der Waals surface area contributed by atoms with Crippen molar-refractivity contribution < 1.29 is 0 Å². The molecule has 23 heavy (non-hydrogen) atoms. The smallest absolute Gasteiger partial charge is 0.258 e. The largest absolute Gasteiger partial charge is 0.269 e. The maximum absolute atomic E-state index is 12.3. The summed E-state index contributed by atoms with van der Waals surface area (Å²) in [5.41, 5.74) is 3.35. The molecule has 0 aliphatic rings. The second-order valence-corrected chi connectivity index (χ2v) is 7.44. The van der Waals surface area contributed by atoms with Crippen molar-refractivity contribution in [1.82, 2.24) is 14.4 Å². The topological polar surface area (TPSA) is 47.3 Å². The van der Waals surface area contributed by atoms with Gasteiger partial charge >= 0.3 is 0 Å². The molecule has 3 aromatic heterocycles. The molecule has 0 saturated carbocycles. The maximum Gasteiger partial charge on any atom is 0.258 e. The number of thioether (sulfide) groups is 1. The number of hydrogen-bond acceptors (Lipinski definition) is 5. The molecule has 0 radical (unpaired) electrons. The van der Waals surface area contributed by atoms with E-state index in [-0.39, 0.29) is 5.56 Å². The fraction of sp³-hybridized carbons (Fsp3) is 0.118. The molecule has 0 bridgehead atoms. The first-order valence-corrected chi connectivity index (χ1v) is 8.97. The van der Waals surface area contributed by atoms with Crippen LogP contribution < -0.4 is 5.56 Å². The van der Waals surface area contributed by atoms with Crippen molar-refractivity contribution in [3.05, 3.63) is 70.3 Å². The van der Waals surface area contributed by atoms with Gasteiger partial charge in [0.1, 0.15) is 5.65 Å². The third-order valence-corrected chi connectivity index (χ3v) is 5.76. The summed E-state index contributed by atoms with van der Waals surface area (Å²) in [4.78, 5) is 21.5. The quantitative estimate of drug-likeness (QED) is 0.531. The Hall–Kier alpha value is -2.18. The van der Waals surface area contributed by atoms with Crippen LogP contribution in [0.3, 0.4) is 0 Å². The molecule has 0 amide bonds. The Labute approximate surface area is 140 Å². The van der Waals surface area contributed by atoms with Crippen molar-refractivity contribution in [1.29, 1.82) is 0 Å². The van der Waals surface area contributed by atoms with E-state index in [1.165, 1.54) is 4.70 Å². The minimum Gasteiger partial charge on any atom is -0.269 e. The van der Waals surface area contributed by atoms with E-state index in [0.29, 0.717) is 11.4 Å². The third kappa shape index (κ3) is 2.75. The van der Waals surface area contributed by atoms with Crippen LogP contribution in [-0.4, -0.2) is 14.4 Å². The normalized spacial score (nSPS) is 11.3. The first kappa shape index (κ1) is 14.4. The fourth-order valence-electron chi connectivity index (χ4n) is 2.49. The van der Waals surface area contributed by atoms with Crippen LogP contribution in [0, 0.1) is 6.92 Å². The highest BCUT2D eigenvalue weighted by Gasteiger charge is 2.07. The van der Waals surface area contributed by atoms with Crippen molar-refractivity contribution >= 4 is 39.0 Å². The molecule has 3 heterocycles. The van der Waals surface area contributed by atoms with Crippen LogP contribution >= 0.6 is 23.1 Å². The van der Waals surface area contributed by atoms with Crippen LogP contribution in [0.15, 0.2) is 57.7 Å². The van der Waals surface area contributed by atoms with Crippen LogP contribution in [0.1, 0.15) is 11.4 Å². The molecular formula is C17H13N3OS2. The Bertz CT molecular complexity index is 1040. The van der Waals surface area contributed by atoms with E-state index in [1.807, 2.05) is 43.3 Å². The summed E-state index contributed by atoms with van der Waals surface area (Å²) >= 11 is 3.29. The molecule has 0 fully saturated rings. The highest BCUT2D eigenvalue weighted by atomic mass is 32.2. The molecular weight excluding hydrogens is 326 g/mol. The molecule has 0 unspecified atom stereocenters. The minimum atomic E-state index is -0.0343. The van der Waals surface area contributed by atoms with Gasteiger partial charge in [0.05, 0.1) is 15.9 Å². The number of rotatable bonds is 3. The lowest BCUT2D eigenvalue weighted by molar-refractivity contribution is 0.968. The predicted molar refractivity (Wildman–Crippen MR) is 95.4 cm³/mol. The molecule has 1 aromatic carbocycles. The van der Waals surface area contributed by atoms with Gasteiger partial charge in [0.2, 0.25) is 0 Å². The van der Waals surface area contributed by atoms with Gasteiger partial charge in [0.15, 0.2) is 4.34 Å². The second kappa shape index (κ2) is 5.79. The number of aromatic nitrogens is 3. The summed E-state index contributed by atoms with van der Waals surface area (Å²) in [6.07, 6.45) is 0. The van der Waals surface area contributed by atoms with E-state index in [4.69, 9.17) is 0 Å². The first-order chi connectivity index (χ1) is 11.2. The Morgan fingerprint density at radius 1 is 1.13 bits per heavy atom. The van der Waals surface area contributed by atoms with Gasteiger partial charge in [0.25, 0.3) is 5.56 Å². The van der Waals surface area contributed by atoms with Gasteiger partial charge in [-0.05, 0) is 31.2 Å². The van der Waals surface area contributed by atoms with Gasteiger partial charge in [-0.25, -0.2) is 9.97 Å². The third-order valence-electron chi connectivity index (χ3n) is 3.55. The van der Waals surface area contributed by atoms with E-state index in [1.54, 1.807) is 33.6 Å². The lowest BCUT2D eigenvalue weighted by Gasteiger charge is -2.05. The number of aryl methyl sites for hydroxylation is 1. The molecule has 4 nitrogen and oxygen atoms in total. The number of pyridine rings is 1. The molecule has 0 aliphatic carbocycles. The fourth-order valence-corrected chi connectivity index (χ4v) is 4.45. The minimum absolute atomic E-state index is 0.0343. The highest BCUT2D eigenvalue weighted by molar-refractivity contribution is 8.00. The van der Waals surface area contributed by atoms with Crippen molar-refractivity contribution in [3.63, 3.8) is 0 Å². The summed E-state index contributed by atoms with van der Waals surface area (Å²) in [6, 6.07) is 15.4. The zero-order valence-corrected chi connectivity index (χ0v) is 14.0. The molecule has 4 rings (SSSR count). The van der Waals surface area contributed by atoms with Crippen molar-refractivity contribution in [2.45, 2.75) is 17.0 Å². The number of benzene rings is 1. The van der Waals surface area contributed by atoms with Gasteiger partial charge < -0.3 is 0 Å². The SMILES string of the molecule is Cc1cccc2nc(CSc3nc4ccccc4s3)cc(=O)n12. The van der Waals surface area contributed by atoms with Crippen LogP contribution in [-0.2, 0) is 5.75 Å². The molecule has 0 saturated heterocycles. The average molecular weight is 339 g/mol. The predicted octanol–water partition coefficient (Wildman–Crippen LogP) is 3.90. The second-order valence-electron chi connectivity index (χ2n) is 5.18. The van der Waals surface area contributed by atoms with E-state index in [0.717, 1.165) is 21.2 Å². The van der Waals surface area contributed by atoms with Crippen LogP contribution in [0.25, 0.3) is 15.9 Å². The molecule has 0 N–H and O–H groups in total. The Kier molecular flexibility index (Phi) is 3.63. The van der Waals surface area contributed by atoms with Crippen molar-refractivity contribution in [2.75, 3.05) is 0 Å². The van der Waals surface area contributed by atoms with Crippen molar-refractivity contribution in [2.24, 2.45) is 0 Å². The number of para-hydroxylation sites is 1. The average Bonchev–Trinajstić information content (AvgIpc) is 2.95. The van der Waals surface area contributed by atoms with Crippen LogP contribution in [0.5, 0.6) is 0 Å². The number of hydrogen-bond donors (Lipinski definition) is 0. The lowest BCUT2D eigenvalue weighted by atomic mass is 10.3. The zero-order valence-electron chi connectivity index (χ0n) is 12.4. The number of thiazole rings is 1. The van der Waals surface area contributed by atoms with Crippen LogP contribution in [0.4, 0.5) is 0 Å². The van der Waals surface area contributed by atoms with Gasteiger partial charge in [-0.15, -0.1) is 11.3 Å². The Morgan fingerprint density at radius 3 is 2.87 bits per heavy atom. The standard InChI is InChI=1S/C17H13N3OS2/c1-11-5-4-8-15-18-12(9-16(21)20(11)15)10-22-17-19-13-6-2-3-7-14(13)23-17/h2-9H,10H2,1H3.